The van der Waals surface area contributed by atoms with Crippen LogP contribution >= 0.6 is 15.9 Å². The van der Waals surface area contributed by atoms with Crippen LogP contribution in [0.5, 0.6) is 5.75 Å². The first kappa shape index (κ1) is 11.0. The van der Waals surface area contributed by atoms with E-state index in [1.807, 2.05) is 13.0 Å². The average Bonchev–Trinajstić information content (AvgIpc) is 2.73. The summed E-state index contributed by atoms with van der Waals surface area (Å²) < 4.78 is 7.11. The third-order valence-corrected chi connectivity index (χ3v) is 3.37. The van der Waals surface area contributed by atoms with E-state index < -0.39 is 0 Å². The van der Waals surface area contributed by atoms with E-state index in [9.17, 15) is 0 Å². The molecule has 0 spiro atoms. The van der Waals surface area contributed by atoms with Gasteiger partial charge in [0.25, 0.3) is 0 Å². The molecule has 2 rings (SSSR count). The summed E-state index contributed by atoms with van der Waals surface area (Å²) in [6.07, 6.45) is 7.57. The van der Waals surface area contributed by atoms with E-state index in [1.165, 1.54) is 31.2 Å². The summed E-state index contributed by atoms with van der Waals surface area (Å²) in [5.41, 5.74) is 1.18. The number of halogens is 1. The third-order valence-electron chi connectivity index (χ3n) is 2.88. The zero-order valence-electron chi connectivity index (χ0n) is 9.00. The Labute approximate surface area is 100.0 Å². The zero-order chi connectivity index (χ0) is 10.7. The van der Waals surface area contributed by atoms with Gasteiger partial charge in [0, 0.05) is 4.47 Å². The predicted molar refractivity (Wildman–Crippen MR) is 66.1 cm³/mol. The fourth-order valence-corrected chi connectivity index (χ4v) is 2.42. The number of ether oxygens (including phenoxy) is 1. The minimum atomic E-state index is 0.435. The molecule has 0 atom stereocenters. The van der Waals surface area contributed by atoms with Crippen LogP contribution in [0.1, 0.15) is 38.2 Å². The molecule has 0 unspecified atom stereocenters. The first-order valence-electron chi connectivity index (χ1n) is 5.55. The zero-order valence-corrected chi connectivity index (χ0v) is 10.6. The van der Waals surface area contributed by atoms with Crippen molar-refractivity contribution < 1.29 is 4.74 Å². The summed E-state index contributed by atoms with van der Waals surface area (Å²) in [5, 5.41) is 0. The molecule has 0 bridgehead atoms. The quantitative estimate of drug-likeness (QED) is 0.792. The molecule has 15 heavy (non-hydrogen) atoms. The maximum absolute atomic E-state index is 6.00. The maximum atomic E-state index is 6.00. The fourth-order valence-electron chi connectivity index (χ4n) is 2.04. The number of benzene rings is 1. The van der Waals surface area contributed by atoms with Crippen molar-refractivity contribution in [3.8, 4) is 5.75 Å². The molecule has 0 amide bonds. The van der Waals surface area contributed by atoms with E-state index in [2.05, 4.69) is 34.5 Å². The molecule has 1 nitrogen and oxygen atoms in total. The van der Waals surface area contributed by atoms with Gasteiger partial charge in [-0.1, -0.05) is 22.9 Å². The van der Waals surface area contributed by atoms with Crippen LogP contribution in [0.15, 0.2) is 22.7 Å². The molecule has 1 aliphatic rings. The molecular weight excluding hydrogens is 252 g/mol. The number of hydrogen-bond acceptors (Lipinski definition) is 1. The Morgan fingerprint density at radius 3 is 2.73 bits per heavy atom. The van der Waals surface area contributed by atoms with Gasteiger partial charge >= 0.3 is 0 Å². The molecular formula is C13H16BrO. The van der Waals surface area contributed by atoms with Crippen LogP contribution in [0, 0.1) is 6.42 Å². The molecule has 1 saturated carbocycles. The highest BCUT2D eigenvalue weighted by atomic mass is 79.9. The molecule has 0 aromatic heterocycles. The second-order valence-corrected chi connectivity index (χ2v) is 4.91. The lowest BCUT2D eigenvalue weighted by Crippen LogP contribution is -2.11. The summed E-state index contributed by atoms with van der Waals surface area (Å²) in [6.45, 7) is 2.04. The molecule has 1 aliphatic carbocycles. The Balaban J connectivity index is 2.12. The van der Waals surface area contributed by atoms with Gasteiger partial charge in [-0.3, -0.25) is 0 Å². The third kappa shape index (κ3) is 2.75. The van der Waals surface area contributed by atoms with E-state index >= 15 is 0 Å². The molecule has 1 aromatic carbocycles. The van der Waals surface area contributed by atoms with Crippen molar-refractivity contribution in [2.24, 2.45) is 0 Å². The minimum Gasteiger partial charge on any atom is -0.490 e. The topological polar surface area (TPSA) is 9.23 Å². The number of rotatable bonds is 3. The molecule has 2 heteroatoms. The fraction of sp³-hybridized carbons (Fsp3) is 0.462. The van der Waals surface area contributed by atoms with Crippen LogP contribution in [0.3, 0.4) is 0 Å². The van der Waals surface area contributed by atoms with Gasteiger partial charge < -0.3 is 4.74 Å². The van der Waals surface area contributed by atoms with Crippen molar-refractivity contribution in [1.29, 1.82) is 0 Å². The van der Waals surface area contributed by atoms with Gasteiger partial charge in [-0.05, 0) is 55.9 Å². The Morgan fingerprint density at radius 1 is 1.33 bits per heavy atom. The Bertz CT molecular complexity index is 329. The smallest absolute Gasteiger partial charge is 0.123 e. The van der Waals surface area contributed by atoms with Crippen LogP contribution in [0.25, 0.3) is 0 Å². The van der Waals surface area contributed by atoms with Crippen molar-refractivity contribution in [3.63, 3.8) is 0 Å². The van der Waals surface area contributed by atoms with Gasteiger partial charge in [-0.25, -0.2) is 0 Å². The van der Waals surface area contributed by atoms with Gasteiger partial charge in [-0.15, -0.1) is 0 Å². The van der Waals surface area contributed by atoms with Crippen LogP contribution < -0.4 is 4.74 Å². The van der Waals surface area contributed by atoms with Crippen molar-refractivity contribution in [2.45, 2.75) is 38.7 Å². The minimum absolute atomic E-state index is 0.435. The normalized spacial score (nSPS) is 16.9. The molecule has 1 radical (unpaired) electrons. The predicted octanol–water partition coefficient (Wildman–Crippen LogP) is 4.34. The van der Waals surface area contributed by atoms with Crippen molar-refractivity contribution in [1.82, 2.24) is 0 Å². The van der Waals surface area contributed by atoms with Crippen molar-refractivity contribution in [2.75, 3.05) is 0 Å². The van der Waals surface area contributed by atoms with E-state index in [0.29, 0.717) is 6.10 Å². The van der Waals surface area contributed by atoms with Crippen molar-refractivity contribution >= 4 is 15.9 Å². The maximum Gasteiger partial charge on any atom is 0.123 e. The van der Waals surface area contributed by atoms with Crippen molar-refractivity contribution in [3.05, 3.63) is 34.7 Å². The van der Waals surface area contributed by atoms with Gasteiger partial charge in [0.1, 0.15) is 5.75 Å². The molecule has 0 saturated heterocycles. The second-order valence-electron chi connectivity index (χ2n) is 4.00. The lowest BCUT2D eigenvalue weighted by atomic mass is 10.1. The van der Waals surface area contributed by atoms with Gasteiger partial charge in [0.2, 0.25) is 0 Å². The Hall–Kier alpha value is -0.500. The highest BCUT2D eigenvalue weighted by Gasteiger charge is 2.17. The van der Waals surface area contributed by atoms with E-state index in [4.69, 9.17) is 4.74 Å². The Kier molecular flexibility index (Phi) is 3.68. The molecule has 0 heterocycles. The summed E-state index contributed by atoms with van der Waals surface area (Å²) in [6, 6.07) is 6.19. The SMILES string of the molecule is C[CH]c1cc(Br)ccc1OC1CCCC1. The first-order chi connectivity index (χ1) is 7.29. The summed E-state index contributed by atoms with van der Waals surface area (Å²) in [7, 11) is 0. The summed E-state index contributed by atoms with van der Waals surface area (Å²) in [5.74, 6) is 1.02. The summed E-state index contributed by atoms with van der Waals surface area (Å²) >= 11 is 3.47. The monoisotopic (exact) mass is 267 g/mol. The van der Waals surface area contributed by atoms with E-state index in [0.717, 1.165) is 10.2 Å². The highest BCUT2D eigenvalue weighted by molar-refractivity contribution is 9.10. The Morgan fingerprint density at radius 2 is 2.07 bits per heavy atom. The molecule has 81 valence electrons. The number of hydrogen-bond donors (Lipinski definition) is 0. The van der Waals surface area contributed by atoms with Gasteiger partial charge in [-0.2, -0.15) is 0 Å². The van der Waals surface area contributed by atoms with Crippen LogP contribution in [-0.4, -0.2) is 6.10 Å². The highest BCUT2D eigenvalue weighted by Crippen LogP contribution is 2.29. The van der Waals surface area contributed by atoms with E-state index in [-0.39, 0.29) is 0 Å². The van der Waals surface area contributed by atoms with E-state index in [1.54, 1.807) is 0 Å². The summed E-state index contributed by atoms with van der Waals surface area (Å²) in [4.78, 5) is 0. The van der Waals surface area contributed by atoms with Crippen LogP contribution in [-0.2, 0) is 0 Å². The second kappa shape index (κ2) is 5.02. The molecule has 1 fully saturated rings. The average molecular weight is 268 g/mol. The molecule has 0 aliphatic heterocycles. The lowest BCUT2D eigenvalue weighted by Gasteiger charge is -2.16. The molecule has 0 N–H and O–H groups in total. The van der Waals surface area contributed by atoms with Gasteiger partial charge in [0.15, 0.2) is 0 Å². The van der Waals surface area contributed by atoms with Crippen LogP contribution in [0.2, 0.25) is 0 Å². The van der Waals surface area contributed by atoms with Gasteiger partial charge in [0.05, 0.1) is 6.10 Å². The first-order valence-corrected chi connectivity index (χ1v) is 6.34. The standard InChI is InChI=1S/C13H16BrO/c1-2-10-9-11(14)7-8-13(10)15-12-5-3-4-6-12/h2,7-9,12H,3-6H2,1H3. The van der Waals surface area contributed by atoms with Crippen LogP contribution in [0.4, 0.5) is 0 Å². The molecule has 1 aromatic rings. The largest absolute Gasteiger partial charge is 0.490 e. The lowest BCUT2D eigenvalue weighted by molar-refractivity contribution is 0.209.